The zero-order valence-corrected chi connectivity index (χ0v) is 21.4. The number of aromatic nitrogens is 2. The van der Waals surface area contributed by atoms with Gasteiger partial charge in [0.2, 0.25) is 0 Å². The van der Waals surface area contributed by atoms with Crippen LogP contribution in [-0.2, 0) is 14.8 Å². The molecule has 1 aliphatic rings. The molecule has 1 unspecified atom stereocenters. The molecule has 1 aromatic heterocycles. The Hall–Kier alpha value is -3.24. The maximum Gasteiger partial charge on any atom is 0.328 e. The van der Waals surface area contributed by atoms with Crippen molar-refractivity contribution in [1.29, 1.82) is 0 Å². The number of aldehydes is 1. The third-order valence-electron chi connectivity index (χ3n) is 5.99. The molecule has 192 valence electrons. The number of urea groups is 1. The van der Waals surface area contributed by atoms with Crippen LogP contribution in [-0.4, -0.2) is 36.7 Å². The number of hydrogen-bond acceptors (Lipinski definition) is 6. The van der Waals surface area contributed by atoms with E-state index in [4.69, 9.17) is 11.6 Å². The largest absolute Gasteiger partial charge is 0.335 e. The van der Waals surface area contributed by atoms with Crippen molar-refractivity contribution in [1.82, 2.24) is 20.0 Å². The summed E-state index contributed by atoms with van der Waals surface area (Å²) in [6.07, 6.45) is 7.89. The third-order valence-corrected chi connectivity index (χ3v) is 7.57. The van der Waals surface area contributed by atoms with E-state index in [2.05, 4.69) is 15.3 Å². The van der Waals surface area contributed by atoms with E-state index in [1.54, 1.807) is 30.3 Å². The number of amides is 2. The average molecular weight is 533 g/mol. The summed E-state index contributed by atoms with van der Waals surface area (Å²) in [7, 11) is -3.92. The van der Waals surface area contributed by atoms with Crippen LogP contribution in [0.1, 0.15) is 56.9 Å². The van der Waals surface area contributed by atoms with E-state index >= 15 is 0 Å². The fraction of sp³-hybridized carbons (Fsp3) is 0.360. The van der Waals surface area contributed by atoms with Crippen molar-refractivity contribution in [2.75, 3.05) is 0 Å². The molecule has 36 heavy (non-hydrogen) atoms. The van der Waals surface area contributed by atoms with E-state index in [0.29, 0.717) is 22.3 Å². The van der Waals surface area contributed by atoms with Gasteiger partial charge in [0.1, 0.15) is 6.29 Å². The highest BCUT2D eigenvalue weighted by atomic mass is 35.5. The second-order valence-corrected chi connectivity index (χ2v) is 10.6. The fourth-order valence-corrected chi connectivity index (χ4v) is 5.08. The van der Waals surface area contributed by atoms with Crippen LogP contribution in [0.3, 0.4) is 0 Å². The van der Waals surface area contributed by atoms with E-state index in [1.807, 2.05) is 11.6 Å². The van der Waals surface area contributed by atoms with Gasteiger partial charge < -0.3 is 15.1 Å². The average Bonchev–Trinajstić information content (AvgIpc) is 2.86. The zero-order chi connectivity index (χ0) is 26.1. The number of fused-ring (bicyclic) bond motifs is 1. The lowest BCUT2D eigenvalue weighted by Gasteiger charge is -2.22. The van der Waals surface area contributed by atoms with Gasteiger partial charge in [-0.2, -0.15) is 0 Å². The minimum absolute atomic E-state index is 0.00537. The summed E-state index contributed by atoms with van der Waals surface area (Å²) < 4.78 is 26.6. The first-order valence-electron chi connectivity index (χ1n) is 11.7. The molecular formula is C25H29ClN4O5S. The molecule has 1 fully saturated rings. The van der Waals surface area contributed by atoms with Crippen molar-refractivity contribution in [3.8, 4) is 0 Å². The molecule has 3 aromatic rings. The minimum atomic E-state index is -3.92. The summed E-state index contributed by atoms with van der Waals surface area (Å²) in [6, 6.07) is 10.4. The van der Waals surface area contributed by atoms with Gasteiger partial charge in [-0.3, -0.25) is 4.79 Å². The Kier molecular flexibility index (Phi) is 9.60. The molecule has 1 heterocycles. The monoisotopic (exact) mass is 532 g/mol. The van der Waals surface area contributed by atoms with Crippen LogP contribution in [0.5, 0.6) is 0 Å². The zero-order valence-electron chi connectivity index (χ0n) is 19.9. The Morgan fingerprint density at radius 2 is 1.86 bits per heavy atom. The van der Waals surface area contributed by atoms with Crippen molar-refractivity contribution in [2.45, 2.75) is 62.3 Å². The lowest BCUT2D eigenvalue weighted by molar-refractivity contribution is -0.109. The molecule has 2 aromatic carbocycles. The van der Waals surface area contributed by atoms with E-state index in [9.17, 15) is 22.8 Å². The molecule has 4 rings (SSSR count). The number of nitrogens with zero attached hydrogens (tertiary/aromatic N) is 1. The summed E-state index contributed by atoms with van der Waals surface area (Å²) in [4.78, 5) is 40.5. The summed E-state index contributed by atoms with van der Waals surface area (Å²) in [6.45, 7) is 1.89. The second-order valence-electron chi connectivity index (χ2n) is 8.53. The quantitative estimate of drug-likeness (QED) is 0.405. The minimum Gasteiger partial charge on any atom is -0.335 e. The predicted molar refractivity (Wildman–Crippen MR) is 139 cm³/mol. The number of benzene rings is 2. The smallest absolute Gasteiger partial charge is 0.328 e. The Balaban J connectivity index is 0.000000249. The molecule has 0 spiro atoms. The first kappa shape index (κ1) is 27.3. The molecule has 3 N–H and O–H groups in total. The Morgan fingerprint density at radius 3 is 2.50 bits per heavy atom. The predicted octanol–water partition coefficient (Wildman–Crippen LogP) is 4.28. The highest BCUT2D eigenvalue weighted by Gasteiger charge is 2.21. The lowest BCUT2D eigenvalue weighted by Crippen LogP contribution is -2.45. The molecule has 2 amide bonds. The number of aromatic amines is 1. The SMILES string of the molecule is CCC(C=O)c1ccc(S(=O)(=O)NC(=O)NC2CCCCC2)cc1.O=c1[nH]cnc2ccc(Cl)cc12. The summed E-state index contributed by atoms with van der Waals surface area (Å²) >= 11 is 5.71. The molecule has 0 aliphatic heterocycles. The molecule has 1 atom stereocenters. The topological polar surface area (TPSA) is 138 Å². The van der Waals surface area contributed by atoms with Gasteiger partial charge in [-0.25, -0.2) is 22.9 Å². The summed E-state index contributed by atoms with van der Waals surface area (Å²) in [5, 5.41) is 3.78. The van der Waals surface area contributed by atoms with E-state index < -0.39 is 16.1 Å². The molecule has 9 nitrogen and oxygen atoms in total. The molecule has 0 radical (unpaired) electrons. The van der Waals surface area contributed by atoms with Gasteiger partial charge >= 0.3 is 6.03 Å². The normalized spacial score (nSPS) is 14.8. The molecule has 0 bridgehead atoms. The van der Waals surface area contributed by atoms with Crippen LogP contribution >= 0.6 is 11.6 Å². The van der Waals surface area contributed by atoms with Gasteiger partial charge in [-0.05, 0) is 55.2 Å². The van der Waals surface area contributed by atoms with Gasteiger partial charge in [0.05, 0.1) is 22.1 Å². The number of carbonyl (C=O) groups excluding carboxylic acids is 2. The molecule has 1 saturated carbocycles. The number of nitrogens with one attached hydrogen (secondary N) is 3. The maximum atomic E-state index is 12.3. The highest BCUT2D eigenvalue weighted by Crippen LogP contribution is 2.20. The molecule has 0 saturated heterocycles. The molecule has 1 aliphatic carbocycles. The van der Waals surface area contributed by atoms with Gasteiger partial charge in [-0.1, -0.05) is 49.9 Å². The van der Waals surface area contributed by atoms with Gasteiger partial charge in [0.25, 0.3) is 15.6 Å². The van der Waals surface area contributed by atoms with Gasteiger partial charge in [-0.15, -0.1) is 0 Å². The number of sulfonamides is 1. The Morgan fingerprint density at radius 1 is 1.17 bits per heavy atom. The first-order valence-corrected chi connectivity index (χ1v) is 13.6. The van der Waals surface area contributed by atoms with Crippen molar-refractivity contribution in [3.63, 3.8) is 0 Å². The van der Waals surface area contributed by atoms with Crippen LogP contribution < -0.4 is 15.6 Å². The highest BCUT2D eigenvalue weighted by molar-refractivity contribution is 7.90. The number of halogens is 1. The van der Waals surface area contributed by atoms with Crippen LogP contribution in [0, 0.1) is 0 Å². The van der Waals surface area contributed by atoms with Gasteiger partial charge in [0, 0.05) is 17.0 Å². The summed E-state index contributed by atoms with van der Waals surface area (Å²) in [5.74, 6) is -0.246. The molecular weight excluding hydrogens is 504 g/mol. The summed E-state index contributed by atoms with van der Waals surface area (Å²) in [5.41, 5.74) is 1.25. The van der Waals surface area contributed by atoms with E-state index in [1.165, 1.54) is 18.5 Å². The fourth-order valence-electron chi connectivity index (χ4n) is 3.99. The number of rotatable bonds is 6. The number of H-pyrrole nitrogens is 1. The Bertz CT molecular complexity index is 1350. The number of hydrogen-bond donors (Lipinski definition) is 3. The third kappa shape index (κ3) is 7.38. The van der Waals surface area contributed by atoms with Crippen molar-refractivity contribution >= 4 is 44.8 Å². The first-order chi connectivity index (χ1) is 17.2. The van der Waals surface area contributed by atoms with Crippen molar-refractivity contribution < 1.29 is 18.0 Å². The van der Waals surface area contributed by atoms with Crippen LogP contribution in [0.4, 0.5) is 4.79 Å². The van der Waals surface area contributed by atoms with Gasteiger partial charge in [0.15, 0.2) is 0 Å². The van der Waals surface area contributed by atoms with E-state index in [-0.39, 0.29) is 22.4 Å². The maximum absolute atomic E-state index is 12.3. The standard InChI is InChI=1S/C17H24N2O4S.C8H5ClN2O/c1-2-13(12-20)14-8-10-16(11-9-14)24(22,23)19-17(21)18-15-6-4-3-5-7-15;9-5-1-2-7-6(3-5)8(12)11-4-10-7/h8-13,15H,2-7H2,1H3,(H2,18,19,21);1-4H,(H,10,11,12). The number of carbonyl (C=O) groups is 2. The Labute approximate surface area is 214 Å². The van der Waals surface area contributed by atoms with Crippen LogP contribution in [0.15, 0.2) is 58.5 Å². The van der Waals surface area contributed by atoms with Crippen LogP contribution in [0.2, 0.25) is 5.02 Å². The van der Waals surface area contributed by atoms with Crippen molar-refractivity contribution in [3.05, 3.63) is 69.7 Å². The van der Waals surface area contributed by atoms with Crippen LogP contribution in [0.25, 0.3) is 10.9 Å². The van der Waals surface area contributed by atoms with E-state index in [0.717, 1.165) is 44.0 Å². The second kappa shape index (κ2) is 12.6. The lowest BCUT2D eigenvalue weighted by atomic mass is 9.96. The van der Waals surface area contributed by atoms with Crippen molar-refractivity contribution in [2.24, 2.45) is 0 Å². The molecule has 11 heteroatoms.